The average molecular weight is 206 g/mol. The minimum absolute atomic E-state index is 0.00500. The molecule has 5 nitrogen and oxygen atoms in total. The maximum Gasteiger partial charge on any atom is 0.269 e. The van der Waals surface area contributed by atoms with Crippen LogP contribution in [0.1, 0.15) is 17.3 Å². The zero-order chi connectivity index (χ0) is 11.0. The highest BCUT2D eigenvalue weighted by molar-refractivity contribution is 5.96. The minimum Gasteiger partial charge on any atom is -0.332 e. The number of hydrogen-bond acceptors (Lipinski definition) is 3. The van der Waals surface area contributed by atoms with Gasteiger partial charge in [-0.05, 0) is 19.1 Å². The van der Waals surface area contributed by atoms with Gasteiger partial charge in [0.1, 0.15) is 0 Å². The molecule has 0 aromatic heterocycles. The van der Waals surface area contributed by atoms with E-state index in [9.17, 15) is 14.9 Å². The summed E-state index contributed by atoms with van der Waals surface area (Å²) in [4.78, 5) is 23.3. The van der Waals surface area contributed by atoms with Gasteiger partial charge < -0.3 is 4.90 Å². The molecule has 0 N–H and O–H groups in total. The molecule has 1 aromatic rings. The van der Waals surface area contributed by atoms with Crippen molar-refractivity contribution in [2.24, 2.45) is 0 Å². The first kappa shape index (κ1) is 9.64. The summed E-state index contributed by atoms with van der Waals surface area (Å²) in [7, 11) is 0. The summed E-state index contributed by atoms with van der Waals surface area (Å²) in [6.07, 6.45) is 0. The van der Waals surface area contributed by atoms with E-state index >= 15 is 0 Å². The molecule has 1 heterocycles. The Morgan fingerprint density at radius 3 is 2.40 bits per heavy atom. The molecule has 0 unspecified atom stereocenters. The van der Waals surface area contributed by atoms with Crippen molar-refractivity contribution in [3.8, 4) is 0 Å². The Hall–Kier alpha value is -1.91. The van der Waals surface area contributed by atoms with Crippen molar-refractivity contribution in [3.63, 3.8) is 0 Å². The first-order valence-corrected chi connectivity index (χ1v) is 4.65. The number of non-ortho nitro benzene ring substituents is 1. The molecule has 1 atom stereocenters. The van der Waals surface area contributed by atoms with Gasteiger partial charge in [-0.15, -0.1) is 0 Å². The Kier molecular flexibility index (Phi) is 2.15. The molecule has 1 aromatic carbocycles. The number of rotatable bonds is 2. The van der Waals surface area contributed by atoms with Gasteiger partial charge in [0, 0.05) is 30.3 Å². The van der Waals surface area contributed by atoms with E-state index in [1.165, 1.54) is 24.3 Å². The summed E-state index contributed by atoms with van der Waals surface area (Å²) in [6, 6.07) is 5.98. The predicted molar refractivity (Wildman–Crippen MR) is 53.6 cm³/mol. The van der Waals surface area contributed by atoms with Gasteiger partial charge in [-0.2, -0.15) is 0 Å². The number of nitrogens with zero attached hydrogens (tertiary/aromatic N) is 2. The van der Waals surface area contributed by atoms with Crippen LogP contribution >= 0.6 is 0 Å². The fourth-order valence-electron chi connectivity index (χ4n) is 1.41. The highest BCUT2D eigenvalue weighted by Crippen LogP contribution is 2.21. The first-order chi connectivity index (χ1) is 7.09. The van der Waals surface area contributed by atoms with Crippen molar-refractivity contribution in [1.29, 1.82) is 0 Å². The van der Waals surface area contributed by atoms with Gasteiger partial charge in [-0.1, -0.05) is 0 Å². The largest absolute Gasteiger partial charge is 0.332 e. The van der Waals surface area contributed by atoms with E-state index in [2.05, 4.69) is 0 Å². The van der Waals surface area contributed by atoms with Crippen LogP contribution < -0.4 is 0 Å². The van der Waals surface area contributed by atoms with E-state index in [1.54, 1.807) is 4.90 Å². The quantitative estimate of drug-likeness (QED) is 0.418. The molecule has 2 rings (SSSR count). The fraction of sp³-hybridized carbons (Fsp3) is 0.300. The lowest BCUT2D eigenvalue weighted by Gasteiger charge is -2.01. The Morgan fingerprint density at radius 1 is 1.47 bits per heavy atom. The second-order valence-electron chi connectivity index (χ2n) is 3.61. The molecule has 78 valence electrons. The van der Waals surface area contributed by atoms with Crippen LogP contribution in [0.15, 0.2) is 24.3 Å². The van der Waals surface area contributed by atoms with E-state index in [-0.39, 0.29) is 11.6 Å². The Morgan fingerprint density at radius 2 is 2.00 bits per heavy atom. The van der Waals surface area contributed by atoms with Crippen LogP contribution in [0.5, 0.6) is 0 Å². The molecule has 1 amide bonds. The van der Waals surface area contributed by atoms with E-state index in [4.69, 9.17) is 0 Å². The Labute approximate surface area is 86.5 Å². The van der Waals surface area contributed by atoms with Crippen LogP contribution in [0.4, 0.5) is 5.69 Å². The van der Waals surface area contributed by atoms with Gasteiger partial charge >= 0.3 is 0 Å². The van der Waals surface area contributed by atoms with Crippen LogP contribution in [-0.4, -0.2) is 28.3 Å². The zero-order valence-corrected chi connectivity index (χ0v) is 8.21. The summed E-state index contributed by atoms with van der Waals surface area (Å²) >= 11 is 0. The third-order valence-electron chi connectivity index (χ3n) is 2.45. The summed E-state index contributed by atoms with van der Waals surface area (Å²) in [5, 5.41) is 10.4. The molecular weight excluding hydrogens is 196 g/mol. The van der Waals surface area contributed by atoms with Crippen molar-refractivity contribution < 1.29 is 9.72 Å². The number of amides is 1. The highest BCUT2D eigenvalue weighted by Gasteiger charge is 2.34. The summed E-state index contributed by atoms with van der Waals surface area (Å²) in [6.45, 7) is 2.74. The second kappa shape index (κ2) is 3.34. The van der Waals surface area contributed by atoms with Crippen LogP contribution in [0.3, 0.4) is 0 Å². The zero-order valence-electron chi connectivity index (χ0n) is 8.21. The molecule has 1 fully saturated rings. The number of carbonyl (C=O) groups excluding carboxylic acids is 1. The summed E-state index contributed by atoms with van der Waals surface area (Å²) in [5.41, 5.74) is 0.510. The summed E-state index contributed by atoms with van der Waals surface area (Å²) < 4.78 is 0. The number of nitro groups is 1. The number of carbonyl (C=O) groups is 1. The maximum atomic E-state index is 11.7. The molecule has 1 aliphatic rings. The van der Waals surface area contributed by atoms with E-state index in [1.807, 2.05) is 6.92 Å². The molecular formula is C10H10N2O3. The lowest BCUT2D eigenvalue weighted by atomic mass is 10.2. The first-order valence-electron chi connectivity index (χ1n) is 4.65. The smallest absolute Gasteiger partial charge is 0.269 e. The van der Waals surface area contributed by atoms with Crippen molar-refractivity contribution in [2.75, 3.05) is 6.54 Å². The molecule has 1 aliphatic heterocycles. The molecule has 1 saturated heterocycles. The van der Waals surface area contributed by atoms with Crippen molar-refractivity contribution in [2.45, 2.75) is 13.0 Å². The maximum absolute atomic E-state index is 11.7. The monoisotopic (exact) mass is 206 g/mol. The van der Waals surface area contributed by atoms with Crippen LogP contribution in [0.25, 0.3) is 0 Å². The molecule has 0 spiro atoms. The SMILES string of the molecule is C[C@@H]1CN1C(=O)c1ccc([N+](=O)[O-])cc1. The lowest BCUT2D eigenvalue weighted by molar-refractivity contribution is -0.384. The van der Waals surface area contributed by atoms with Crippen LogP contribution in [0.2, 0.25) is 0 Å². The number of benzene rings is 1. The van der Waals surface area contributed by atoms with Gasteiger partial charge in [-0.25, -0.2) is 0 Å². The third-order valence-corrected chi connectivity index (χ3v) is 2.45. The third kappa shape index (κ3) is 1.81. The van der Waals surface area contributed by atoms with Crippen molar-refractivity contribution in [3.05, 3.63) is 39.9 Å². The van der Waals surface area contributed by atoms with Crippen LogP contribution in [-0.2, 0) is 0 Å². The van der Waals surface area contributed by atoms with Gasteiger partial charge in [0.15, 0.2) is 0 Å². The second-order valence-corrected chi connectivity index (χ2v) is 3.61. The van der Waals surface area contributed by atoms with Gasteiger partial charge in [0.05, 0.1) is 4.92 Å². The van der Waals surface area contributed by atoms with Gasteiger partial charge in [-0.3, -0.25) is 14.9 Å². The molecule has 0 bridgehead atoms. The van der Waals surface area contributed by atoms with E-state index in [0.717, 1.165) is 6.54 Å². The van der Waals surface area contributed by atoms with Crippen molar-refractivity contribution >= 4 is 11.6 Å². The van der Waals surface area contributed by atoms with Crippen molar-refractivity contribution in [1.82, 2.24) is 4.90 Å². The molecule has 0 saturated carbocycles. The number of nitro benzene ring substituents is 1. The topological polar surface area (TPSA) is 63.2 Å². The molecule has 0 radical (unpaired) electrons. The Balaban J connectivity index is 2.16. The van der Waals surface area contributed by atoms with E-state index < -0.39 is 4.92 Å². The van der Waals surface area contributed by atoms with Gasteiger partial charge in [0.25, 0.3) is 11.6 Å². The molecule has 15 heavy (non-hydrogen) atoms. The van der Waals surface area contributed by atoms with E-state index in [0.29, 0.717) is 11.6 Å². The molecule has 0 aliphatic carbocycles. The normalized spacial score (nSPS) is 18.7. The highest BCUT2D eigenvalue weighted by atomic mass is 16.6. The summed E-state index contributed by atoms with van der Waals surface area (Å²) in [5.74, 6) is -0.0580. The standard InChI is InChI=1S/C10H10N2O3/c1-7-6-11(7)10(13)8-2-4-9(5-3-8)12(14)15/h2-5,7H,6H2,1H3/t7-,11?/m1/s1. The predicted octanol–water partition coefficient (Wildman–Crippen LogP) is 1.44. The number of hydrogen-bond donors (Lipinski definition) is 0. The average Bonchev–Trinajstić information content (AvgIpc) is 2.94. The van der Waals surface area contributed by atoms with Gasteiger partial charge in [0.2, 0.25) is 0 Å². The van der Waals surface area contributed by atoms with Crippen LogP contribution in [0, 0.1) is 10.1 Å². The Bertz CT molecular complexity index is 413. The fourth-order valence-corrected chi connectivity index (χ4v) is 1.41. The molecule has 5 heteroatoms. The lowest BCUT2D eigenvalue weighted by Crippen LogP contribution is -2.12. The minimum atomic E-state index is -0.478.